The Kier molecular flexibility index (Phi) is 6.44. The zero-order chi connectivity index (χ0) is 22.8. The Morgan fingerprint density at radius 1 is 1.16 bits per heavy atom. The third kappa shape index (κ3) is 4.93. The Bertz CT molecular complexity index is 935. The highest BCUT2D eigenvalue weighted by molar-refractivity contribution is 5.87. The molecule has 0 spiro atoms. The van der Waals surface area contributed by atoms with E-state index in [9.17, 15) is 22.8 Å². The molecule has 3 rings (SSSR count). The Morgan fingerprint density at radius 2 is 1.77 bits per heavy atom. The summed E-state index contributed by atoms with van der Waals surface area (Å²) in [5.41, 5.74) is -0.130. The second kappa shape index (κ2) is 8.88. The summed E-state index contributed by atoms with van der Waals surface area (Å²) in [5, 5.41) is 10.1. The van der Waals surface area contributed by atoms with Crippen LogP contribution < -0.4 is 4.90 Å². The van der Waals surface area contributed by atoms with Crippen molar-refractivity contribution in [3.05, 3.63) is 53.3 Å². The van der Waals surface area contributed by atoms with Gasteiger partial charge in [0, 0.05) is 31.9 Å². The summed E-state index contributed by atoms with van der Waals surface area (Å²) < 4.78 is 38.6. The third-order valence-electron chi connectivity index (χ3n) is 5.30. The predicted molar refractivity (Wildman–Crippen MR) is 103 cm³/mol. The summed E-state index contributed by atoms with van der Waals surface area (Å²) in [6, 6.07) is 4.28. The molecule has 1 amide bonds. The quantitative estimate of drug-likeness (QED) is 0.717. The minimum atomic E-state index is -4.42. The van der Waals surface area contributed by atoms with Gasteiger partial charge in [-0.05, 0) is 30.5 Å². The number of carbonyl (C=O) groups excluding carboxylic acids is 1. The molecule has 1 aromatic heterocycles. The average Bonchev–Trinajstić information content (AvgIpc) is 2.77. The lowest BCUT2D eigenvalue weighted by Gasteiger charge is -2.40. The number of aromatic carboxylic acids is 1. The van der Waals surface area contributed by atoms with Gasteiger partial charge in [0.2, 0.25) is 5.95 Å². The molecule has 1 aliphatic heterocycles. The molecule has 2 heterocycles. The summed E-state index contributed by atoms with van der Waals surface area (Å²) in [5.74, 6) is -1.52. The smallest absolute Gasteiger partial charge is 0.416 e. The summed E-state index contributed by atoms with van der Waals surface area (Å²) in [4.78, 5) is 38.6. The van der Waals surface area contributed by atoms with E-state index in [1.54, 1.807) is 4.90 Å². The molecule has 1 fully saturated rings. The first-order chi connectivity index (χ1) is 14.6. The molecule has 0 bridgehead atoms. The standard InChI is InChI=1S/C20H21F3N4O4/c1-26(31-2)17(28)16-8-5-13(12-3-6-15(7-4-12)20(21,22)23)11-27(16)19-24-9-14(10-25-19)18(29)30/h3-4,6-7,9-10,13,16H,5,8,11H2,1-2H3,(H,29,30)/t13?,16-/m0/s1. The number of amides is 1. The Labute approximate surface area is 176 Å². The van der Waals surface area contributed by atoms with Gasteiger partial charge in [0.25, 0.3) is 5.91 Å². The van der Waals surface area contributed by atoms with Crippen molar-refractivity contribution in [2.24, 2.45) is 0 Å². The zero-order valence-electron chi connectivity index (χ0n) is 16.8. The highest BCUT2D eigenvalue weighted by Crippen LogP contribution is 2.35. The SMILES string of the molecule is CON(C)C(=O)[C@@H]1CCC(c2ccc(C(F)(F)F)cc2)CN1c1ncc(C(=O)O)cn1. The number of aromatic nitrogens is 2. The number of carboxylic acids is 1. The fourth-order valence-corrected chi connectivity index (χ4v) is 3.54. The Morgan fingerprint density at radius 3 is 2.29 bits per heavy atom. The molecule has 8 nitrogen and oxygen atoms in total. The number of anilines is 1. The third-order valence-corrected chi connectivity index (χ3v) is 5.30. The number of hydrogen-bond acceptors (Lipinski definition) is 6. The molecule has 1 unspecified atom stereocenters. The van der Waals surface area contributed by atoms with Crippen LogP contribution in [0.2, 0.25) is 0 Å². The molecule has 2 atom stereocenters. The number of benzene rings is 1. The summed E-state index contributed by atoms with van der Waals surface area (Å²) >= 11 is 0. The zero-order valence-corrected chi connectivity index (χ0v) is 16.8. The highest BCUT2D eigenvalue weighted by atomic mass is 19.4. The van der Waals surface area contributed by atoms with E-state index in [0.29, 0.717) is 18.4 Å². The number of likely N-dealkylation sites (N-methyl/N-ethyl adjacent to an activating group) is 1. The second-order valence-corrected chi connectivity index (χ2v) is 7.16. The number of alkyl halides is 3. The first-order valence-electron chi connectivity index (χ1n) is 9.42. The molecule has 0 aliphatic carbocycles. The highest BCUT2D eigenvalue weighted by Gasteiger charge is 2.37. The average molecular weight is 438 g/mol. The van der Waals surface area contributed by atoms with Gasteiger partial charge in [0.15, 0.2) is 0 Å². The molecule has 31 heavy (non-hydrogen) atoms. The number of piperidine rings is 1. The van der Waals surface area contributed by atoms with E-state index < -0.39 is 23.8 Å². The molecule has 11 heteroatoms. The van der Waals surface area contributed by atoms with Crippen molar-refractivity contribution >= 4 is 17.8 Å². The molecular formula is C20H21F3N4O4. The van der Waals surface area contributed by atoms with E-state index in [0.717, 1.165) is 29.6 Å². The molecule has 166 valence electrons. The maximum atomic E-state index is 12.9. The number of nitrogens with zero attached hydrogens (tertiary/aromatic N) is 4. The van der Waals surface area contributed by atoms with Crippen LogP contribution in [0, 0.1) is 0 Å². The van der Waals surface area contributed by atoms with E-state index in [1.807, 2.05) is 0 Å². The van der Waals surface area contributed by atoms with Crippen LogP contribution in [0.25, 0.3) is 0 Å². The van der Waals surface area contributed by atoms with Gasteiger partial charge in [-0.3, -0.25) is 9.63 Å². The lowest BCUT2D eigenvalue weighted by Crippen LogP contribution is -2.52. The van der Waals surface area contributed by atoms with E-state index >= 15 is 0 Å². The van der Waals surface area contributed by atoms with Gasteiger partial charge in [0.1, 0.15) is 6.04 Å². The van der Waals surface area contributed by atoms with E-state index in [-0.39, 0.29) is 29.9 Å². The molecule has 1 N–H and O–H groups in total. The van der Waals surface area contributed by atoms with Crippen molar-refractivity contribution in [3.63, 3.8) is 0 Å². The molecule has 0 radical (unpaired) electrons. The molecule has 1 aromatic carbocycles. The number of carboxylic acid groups (broad SMARTS) is 1. The number of hydroxylamine groups is 2. The summed E-state index contributed by atoms with van der Waals surface area (Å²) in [7, 11) is 2.82. The van der Waals surface area contributed by atoms with E-state index in [1.165, 1.54) is 26.3 Å². The molecular weight excluding hydrogens is 417 g/mol. The van der Waals surface area contributed by atoms with Gasteiger partial charge in [-0.15, -0.1) is 0 Å². The van der Waals surface area contributed by atoms with Crippen LogP contribution in [0.15, 0.2) is 36.7 Å². The fourth-order valence-electron chi connectivity index (χ4n) is 3.54. The van der Waals surface area contributed by atoms with Crippen molar-refractivity contribution in [2.75, 3.05) is 25.6 Å². The minimum absolute atomic E-state index is 0.100. The number of halogens is 3. The first-order valence-corrected chi connectivity index (χ1v) is 9.42. The van der Waals surface area contributed by atoms with Crippen LogP contribution in [0.4, 0.5) is 19.1 Å². The summed E-state index contributed by atoms with van der Waals surface area (Å²) in [6.07, 6.45) is -1.17. The van der Waals surface area contributed by atoms with Crippen molar-refractivity contribution in [1.82, 2.24) is 15.0 Å². The molecule has 0 saturated carbocycles. The van der Waals surface area contributed by atoms with Crippen LogP contribution in [-0.2, 0) is 15.8 Å². The van der Waals surface area contributed by atoms with Gasteiger partial charge in [0.05, 0.1) is 18.2 Å². The number of hydrogen-bond donors (Lipinski definition) is 1. The topological polar surface area (TPSA) is 95.9 Å². The maximum Gasteiger partial charge on any atom is 0.416 e. The summed E-state index contributed by atoms with van der Waals surface area (Å²) in [6.45, 7) is 0.270. The molecule has 2 aromatic rings. The van der Waals surface area contributed by atoms with E-state index in [4.69, 9.17) is 9.94 Å². The van der Waals surface area contributed by atoms with Gasteiger partial charge < -0.3 is 10.0 Å². The Balaban J connectivity index is 1.89. The second-order valence-electron chi connectivity index (χ2n) is 7.16. The van der Waals surface area contributed by atoms with Crippen molar-refractivity contribution in [2.45, 2.75) is 31.0 Å². The van der Waals surface area contributed by atoms with Crippen molar-refractivity contribution in [1.29, 1.82) is 0 Å². The van der Waals surface area contributed by atoms with Crippen molar-refractivity contribution in [3.8, 4) is 0 Å². The van der Waals surface area contributed by atoms with Gasteiger partial charge in [-0.1, -0.05) is 12.1 Å². The molecule has 1 aliphatic rings. The largest absolute Gasteiger partial charge is 0.478 e. The predicted octanol–water partition coefficient (Wildman–Crippen LogP) is 2.97. The van der Waals surface area contributed by atoms with Crippen molar-refractivity contribution < 1.29 is 32.7 Å². The number of rotatable bonds is 5. The monoisotopic (exact) mass is 438 g/mol. The van der Waals surface area contributed by atoms with Crippen LogP contribution in [-0.4, -0.2) is 58.8 Å². The molecule has 1 saturated heterocycles. The number of carbonyl (C=O) groups is 2. The first kappa shape index (κ1) is 22.5. The van der Waals surface area contributed by atoms with Crippen LogP contribution in [0.3, 0.4) is 0 Å². The van der Waals surface area contributed by atoms with E-state index in [2.05, 4.69) is 9.97 Å². The van der Waals surface area contributed by atoms with Gasteiger partial charge in [-0.25, -0.2) is 19.8 Å². The van der Waals surface area contributed by atoms with Crippen LogP contribution in [0.1, 0.15) is 40.2 Å². The maximum absolute atomic E-state index is 12.9. The normalized spacial score (nSPS) is 19.2. The Hall–Kier alpha value is -3.21. The fraction of sp³-hybridized carbons (Fsp3) is 0.400. The van der Waals surface area contributed by atoms with Gasteiger partial charge in [-0.2, -0.15) is 13.2 Å². The lowest BCUT2D eigenvalue weighted by molar-refractivity contribution is -0.170. The minimum Gasteiger partial charge on any atom is -0.478 e. The van der Waals surface area contributed by atoms with Gasteiger partial charge >= 0.3 is 12.1 Å². The van der Waals surface area contributed by atoms with Crippen LogP contribution in [0.5, 0.6) is 0 Å². The van der Waals surface area contributed by atoms with Crippen LogP contribution >= 0.6 is 0 Å². The lowest BCUT2D eigenvalue weighted by atomic mass is 9.86.